The standard InChI is InChI=1S/C9H9BrO2S/c1-6(2)5-12-9(11)8-7(10)3-4-13-8/h3-4H,1,5H2,2H3. The molecule has 0 aliphatic carbocycles. The second-order valence-electron chi connectivity index (χ2n) is 2.63. The predicted molar refractivity (Wildman–Crippen MR) is 57.1 cm³/mol. The fraction of sp³-hybridized carbons (Fsp3) is 0.222. The Kier molecular flexibility index (Phi) is 3.69. The molecule has 0 aliphatic rings. The van der Waals surface area contributed by atoms with Gasteiger partial charge in [-0.2, -0.15) is 0 Å². The molecule has 0 radical (unpaired) electrons. The minimum atomic E-state index is -0.301. The van der Waals surface area contributed by atoms with Gasteiger partial charge in [-0.25, -0.2) is 4.79 Å². The van der Waals surface area contributed by atoms with Crippen LogP contribution in [0.4, 0.5) is 0 Å². The molecular formula is C9H9BrO2S. The van der Waals surface area contributed by atoms with Gasteiger partial charge < -0.3 is 4.74 Å². The zero-order valence-electron chi connectivity index (χ0n) is 7.17. The van der Waals surface area contributed by atoms with E-state index in [9.17, 15) is 4.79 Å². The average Bonchev–Trinajstić information content (AvgIpc) is 2.47. The molecule has 1 heterocycles. The molecule has 0 bridgehead atoms. The Morgan fingerprint density at radius 1 is 1.77 bits per heavy atom. The predicted octanol–water partition coefficient (Wildman–Crippen LogP) is 3.24. The van der Waals surface area contributed by atoms with Crippen LogP contribution in [0.3, 0.4) is 0 Å². The quantitative estimate of drug-likeness (QED) is 0.616. The number of hydrogen-bond donors (Lipinski definition) is 0. The second-order valence-corrected chi connectivity index (χ2v) is 4.40. The topological polar surface area (TPSA) is 26.3 Å². The fourth-order valence-corrected chi connectivity index (χ4v) is 2.12. The average molecular weight is 261 g/mol. The summed E-state index contributed by atoms with van der Waals surface area (Å²) in [5, 5.41) is 1.83. The van der Waals surface area contributed by atoms with E-state index in [0.29, 0.717) is 4.88 Å². The normalized spacial score (nSPS) is 9.69. The molecule has 0 fully saturated rings. The number of hydrogen-bond acceptors (Lipinski definition) is 3. The Morgan fingerprint density at radius 3 is 2.92 bits per heavy atom. The van der Waals surface area contributed by atoms with Crippen LogP contribution in [0.5, 0.6) is 0 Å². The van der Waals surface area contributed by atoms with E-state index in [1.165, 1.54) is 11.3 Å². The number of halogens is 1. The molecule has 0 amide bonds. The molecule has 1 aromatic rings. The molecular weight excluding hydrogens is 252 g/mol. The summed E-state index contributed by atoms with van der Waals surface area (Å²) in [7, 11) is 0. The van der Waals surface area contributed by atoms with Crippen LogP contribution in [0.2, 0.25) is 0 Å². The molecule has 13 heavy (non-hydrogen) atoms. The number of thiophene rings is 1. The molecule has 1 aromatic heterocycles. The summed E-state index contributed by atoms with van der Waals surface area (Å²) in [6.07, 6.45) is 0. The Balaban J connectivity index is 2.59. The highest BCUT2D eigenvalue weighted by Gasteiger charge is 2.12. The van der Waals surface area contributed by atoms with Crippen molar-refractivity contribution >= 4 is 33.2 Å². The van der Waals surface area contributed by atoms with E-state index >= 15 is 0 Å². The van der Waals surface area contributed by atoms with Crippen molar-refractivity contribution < 1.29 is 9.53 Å². The van der Waals surface area contributed by atoms with Gasteiger partial charge in [0, 0.05) is 4.47 Å². The van der Waals surface area contributed by atoms with Crippen LogP contribution in [0.1, 0.15) is 16.6 Å². The molecule has 70 valence electrons. The zero-order valence-corrected chi connectivity index (χ0v) is 9.57. The van der Waals surface area contributed by atoms with Crippen molar-refractivity contribution in [2.45, 2.75) is 6.92 Å². The van der Waals surface area contributed by atoms with E-state index in [2.05, 4.69) is 22.5 Å². The highest BCUT2D eigenvalue weighted by molar-refractivity contribution is 9.10. The third-order valence-corrected chi connectivity index (χ3v) is 3.07. The van der Waals surface area contributed by atoms with Crippen LogP contribution in [0.25, 0.3) is 0 Å². The Morgan fingerprint density at radius 2 is 2.46 bits per heavy atom. The maximum atomic E-state index is 11.3. The first kappa shape index (κ1) is 10.5. The molecule has 2 nitrogen and oxygen atoms in total. The summed E-state index contributed by atoms with van der Waals surface area (Å²) in [6.45, 7) is 5.74. The van der Waals surface area contributed by atoms with E-state index in [0.717, 1.165) is 10.0 Å². The number of esters is 1. The first-order valence-corrected chi connectivity index (χ1v) is 5.33. The van der Waals surface area contributed by atoms with E-state index in [1.54, 1.807) is 0 Å². The summed E-state index contributed by atoms with van der Waals surface area (Å²) in [5.41, 5.74) is 0.834. The van der Waals surface area contributed by atoms with E-state index in [4.69, 9.17) is 4.74 Å². The van der Waals surface area contributed by atoms with Crippen molar-refractivity contribution in [3.8, 4) is 0 Å². The maximum absolute atomic E-state index is 11.3. The smallest absolute Gasteiger partial charge is 0.349 e. The van der Waals surface area contributed by atoms with Crippen LogP contribution in [-0.2, 0) is 4.74 Å². The molecule has 0 aromatic carbocycles. The molecule has 0 unspecified atom stereocenters. The molecule has 0 saturated heterocycles. The molecule has 1 rings (SSSR count). The molecule has 0 aliphatic heterocycles. The zero-order chi connectivity index (χ0) is 9.84. The first-order valence-electron chi connectivity index (χ1n) is 3.65. The van der Waals surface area contributed by atoms with Crippen molar-refractivity contribution in [2.75, 3.05) is 6.61 Å². The first-order chi connectivity index (χ1) is 6.11. The lowest BCUT2D eigenvalue weighted by Gasteiger charge is -2.01. The largest absolute Gasteiger partial charge is 0.457 e. The second kappa shape index (κ2) is 4.58. The number of ether oxygens (including phenoxy) is 1. The molecule has 0 spiro atoms. The molecule has 0 saturated carbocycles. The van der Waals surface area contributed by atoms with E-state index < -0.39 is 0 Å². The van der Waals surface area contributed by atoms with Gasteiger partial charge in [0.25, 0.3) is 0 Å². The third kappa shape index (κ3) is 2.97. The van der Waals surface area contributed by atoms with Gasteiger partial charge in [-0.1, -0.05) is 6.58 Å². The number of carbonyl (C=O) groups is 1. The van der Waals surface area contributed by atoms with Gasteiger partial charge in [0.2, 0.25) is 0 Å². The van der Waals surface area contributed by atoms with Crippen molar-refractivity contribution in [3.63, 3.8) is 0 Å². The van der Waals surface area contributed by atoms with Crippen LogP contribution < -0.4 is 0 Å². The van der Waals surface area contributed by atoms with Crippen molar-refractivity contribution in [1.29, 1.82) is 0 Å². The monoisotopic (exact) mass is 260 g/mol. The lowest BCUT2D eigenvalue weighted by molar-refractivity contribution is 0.0545. The molecule has 0 atom stereocenters. The number of rotatable bonds is 3. The minimum absolute atomic E-state index is 0.281. The van der Waals surface area contributed by atoms with Crippen molar-refractivity contribution in [3.05, 3.63) is 32.9 Å². The SMILES string of the molecule is C=C(C)COC(=O)c1sccc1Br. The van der Waals surface area contributed by atoms with Gasteiger partial charge in [-0.15, -0.1) is 11.3 Å². The third-order valence-electron chi connectivity index (χ3n) is 1.25. The summed E-state index contributed by atoms with van der Waals surface area (Å²) >= 11 is 4.62. The van der Waals surface area contributed by atoms with E-state index in [1.807, 2.05) is 18.4 Å². The highest BCUT2D eigenvalue weighted by atomic mass is 79.9. The van der Waals surface area contributed by atoms with E-state index in [-0.39, 0.29) is 12.6 Å². The van der Waals surface area contributed by atoms with Gasteiger partial charge in [0.1, 0.15) is 11.5 Å². The van der Waals surface area contributed by atoms with Gasteiger partial charge in [0.05, 0.1) is 0 Å². The summed E-state index contributed by atoms with van der Waals surface area (Å²) < 4.78 is 5.75. The highest BCUT2D eigenvalue weighted by Crippen LogP contribution is 2.23. The van der Waals surface area contributed by atoms with Crippen LogP contribution >= 0.6 is 27.3 Å². The van der Waals surface area contributed by atoms with Crippen molar-refractivity contribution in [1.82, 2.24) is 0 Å². The van der Waals surface area contributed by atoms with Gasteiger partial charge in [0.15, 0.2) is 0 Å². The van der Waals surface area contributed by atoms with Crippen LogP contribution in [-0.4, -0.2) is 12.6 Å². The summed E-state index contributed by atoms with van der Waals surface area (Å²) in [5.74, 6) is -0.301. The van der Waals surface area contributed by atoms with Gasteiger partial charge in [-0.3, -0.25) is 0 Å². The number of carbonyl (C=O) groups excluding carboxylic acids is 1. The fourth-order valence-electron chi connectivity index (χ4n) is 0.694. The van der Waals surface area contributed by atoms with Crippen LogP contribution in [0, 0.1) is 0 Å². The molecule has 4 heteroatoms. The summed E-state index contributed by atoms with van der Waals surface area (Å²) in [4.78, 5) is 11.9. The van der Waals surface area contributed by atoms with Crippen molar-refractivity contribution in [2.24, 2.45) is 0 Å². The minimum Gasteiger partial charge on any atom is -0.457 e. The Hall–Kier alpha value is -0.610. The Bertz CT molecular complexity index is 330. The summed E-state index contributed by atoms with van der Waals surface area (Å²) in [6, 6.07) is 1.82. The lowest BCUT2D eigenvalue weighted by Crippen LogP contribution is -2.05. The lowest BCUT2D eigenvalue weighted by atomic mass is 10.4. The Labute approximate surface area is 89.3 Å². The maximum Gasteiger partial charge on any atom is 0.349 e. The van der Waals surface area contributed by atoms with Crippen LogP contribution in [0.15, 0.2) is 28.1 Å². The van der Waals surface area contributed by atoms with Gasteiger partial charge >= 0.3 is 5.97 Å². The molecule has 0 N–H and O–H groups in total. The van der Waals surface area contributed by atoms with Gasteiger partial charge in [-0.05, 0) is 39.9 Å².